The van der Waals surface area contributed by atoms with E-state index in [9.17, 15) is 5.11 Å². The number of hydrogen-bond acceptors (Lipinski definition) is 5. The number of hydrogen-bond donors (Lipinski definition) is 3. The lowest BCUT2D eigenvalue weighted by Gasteiger charge is -2.10. The summed E-state index contributed by atoms with van der Waals surface area (Å²) in [6, 6.07) is 1.88. The third-order valence-corrected chi connectivity index (χ3v) is 2.37. The largest absolute Gasteiger partial charge is 0.393 e. The molecule has 5 nitrogen and oxygen atoms in total. The number of aliphatic hydroxyl groups excluding tert-OH is 1. The van der Waals surface area contributed by atoms with Gasteiger partial charge in [0.05, 0.1) is 6.10 Å². The van der Waals surface area contributed by atoms with E-state index in [1.165, 1.54) is 0 Å². The molecule has 0 aliphatic carbocycles. The fraction of sp³-hybridized carbons (Fsp3) is 0.667. The molecule has 0 saturated heterocycles. The van der Waals surface area contributed by atoms with Gasteiger partial charge in [0.25, 0.3) is 0 Å². The number of nitrogens with zero attached hydrogens (tertiary/aromatic N) is 2. The topological polar surface area (TPSA) is 70.1 Å². The van der Waals surface area contributed by atoms with Gasteiger partial charge in [-0.2, -0.15) is 0 Å². The first-order valence-corrected chi connectivity index (χ1v) is 6.13. The van der Waals surface area contributed by atoms with Gasteiger partial charge in [-0.15, -0.1) is 0 Å². The van der Waals surface area contributed by atoms with E-state index in [4.69, 9.17) is 0 Å². The molecule has 1 rings (SSSR count). The minimum Gasteiger partial charge on any atom is -0.393 e. The van der Waals surface area contributed by atoms with Crippen LogP contribution in [0.1, 0.15) is 32.5 Å². The summed E-state index contributed by atoms with van der Waals surface area (Å²) in [5.41, 5.74) is 0. The zero-order chi connectivity index (χ0) is 12.7. The summed E-state index contributed by atoms with van der Waals surface area (Å²) < 4.78 is 0. The van der Waals surface area contributed by atoms with Gasteiger partial charge in [0, 0.05) is 26.1 Å². The molecular weight excluding hydrogens is 216 g/mol. The molecule has 0 aliphatic heterocycles. The van der Waals surface area contributed by atoms with Gasteiger partial charge in [-0.05, 0) is 19.8 Å². The van der Waals surface area contributed by atoms with Crippen molar-refractivity contribution >= 4 is 11.6 Å². The number of rotatable bonds is 7. The third kappa shape index (κ3) is 4.99. The SMILES string of the molecule is CCCc1nc(NC)cc(NCCC(C)O)n1. The van der Waals surface area contributed by atoms with Crippen molar-refractivity contribution in [2.75, 3.05) is 24.2 Å². The summed E-state index contributed by atoms with van der Waals surface area (Å²) in [7, 11) is 1.84. The summed E-state index contributed by atoms with van der Waals surface area (Å²) >= 11 is 0. The van der Waals surface area contributed by atoms with Gasteiger partial charge < -0.3 is 15.7 Å². The van der Waals surface area contributed by atoms with Crippen molar-refractivity contribution in [1.82, 2.24) is 9.97 Å². The number of anilines is 2. The van der Waals surface area contributed by atoms with Crippen molar-refractivity contribution in [3.63, 3.8) is 0 Å². The smallest absolute Gasteiger partial charge is 0.133 e. The van der Waals surface area contributed by atoms with Gasteiger partial charge in [-0.25, -0.2) is 9.97 Å². The second kappa shape index (κ2) is 7.06. The third-order valence-electron chi connectivity index (χ3n) is 2.37. The Bertz CT molecular complexity index is 341. The molecule has 96 valence electrons. The number of nitrogens with one attached hydrogen (secondary N) is 2. The molecule has 1 unspecified atom stereocenters. The standard InChI is InChI=1S/C12H22N4O/c1-4-5-10-15-11(13-3)8-12(16-10)14-7-6-9(2)17/h8-9,17H,4-7H2,1-3H3,(H2,13,14,15,16). The Hall–Kier alpha value is -1.36. The predicted molar refractivity (Wildman–Crippen MR) is 70.4 cm³/mol. The molecule has 0 saturated carbocycles. The van der Waals surface area contributed by atoms with Crippen LogP contribution < -0.4 is 10.6 Å². The van der Waals surface area contributed by atoms with Crippen molar-refractivity contribution in [1.29, 1.82) is 0 Å². The first-order valence-electron chi connectivity index (χ1n) is 6.13. The van der Waals surface area contributed by atoms with Crippen LogP contribution in [0.2, 0.25) is 0 Å². The van der Waals surface area contributed by atoms with Gasteiger partial charge in [0.15, 0.2) is 0 Å². The molecule has 1 atom stereocenters. The van der Waals surface area contributed by atoms with Crippen molar-refractivity contribution in [2.24, 2.45) is 0 Å². The molecular formula is C12H22N4O. The second-order valence-corrected chi connectivity index (χ2v) is 4.12. The lowest BCUT2D eigenvalue weighted by atomic mass is 10.3. The normalized spacial score (nSPS) is 12.2. The second-order valence-electron chi connectivity index (χ2n) is 4.12. The van der Waals surface area contributed by atoms with Gasteiger partial charge in [-0.3, -0.25) is 0 Å². The van der Waals surface area contributed by atoms with E-state index in [0.29, 0.717) is 13.0 Å². The molecule has 0 radical (unpaired) electrons. The lowest BCUT2D eigenvalue weighted by molar-refractivity contribution is 0.188. The number of aromatic nitrogens is 2. The molecule has 0 amide bonds. The van der Waals surface area contributed by atoms with Crippen LogP contribution in [-0.2, 0) is 6.42 Å². The molecule has 0 fully saturated rings. The highest BCUT2D eigenvalue weighted by Gasteiger charge is 2.03. The molecule has 1 aromatic rings. The molecule has 0 aliphatic rings. The highest BCUT2D eigenvalue weighted by molar-refractivity contribution is 5.47. The van der Waals surface area contributed by atoms with Crippen LogP contribution in [0.5, 0.6) is 0 Å². The average molecular weight is 238 g/mol. The quantitative estimate of drug-likeness (QED) is 0.674. The van der Waals surface area contributed by atoms with Crippen LogP contribution in [0.3, 0.4) is 0 Å². The number of aryl methyl sites for hydroxylation is 1. The summed E-state index contributed by atoms with van der Waals surface area (Å²) in [5, 5.41) is 15.4. The van der Waals surface area contributed by atoms with Crippen LogP contribution in [-0.4, -0.2) is 34.8 Å². The minimum atomic E-state index is -0.289. The van der Waals surface area contributed by atoms with E-state index in [-0.39, 0.29) is 6.10 Å². The molecule has 1 aromatic heterocycles. The monoisotopic (exact) mass is 238 g/mol. The molecule has 3 N–H and O–H groups in total. The van der Waals surface area contributed by atoms with E-state index in [1.54, 1.807) is 6.92 Å². The first-order chi connectivity index (χ1) is 8.15. The highest BCUT2D eigenvalue weighted by Crippen LogP contribution is 2.12. The van der Waals surface area contributed by atoms with Crippen molar-refractivity contribution in [3.8, 4) is 0 Å². The fourth-order valence-corrected chi connectivity index (χ4v) is 1.46. The van der Waals surface area contributed by atoms with Crippen LogP contribution in [0.25, 0.3) is 0 Å². The molecule has 0 bridgehead atoms. The summed E-state index contributed by atoms with van der Waals surface area (Å²) in [5.74, 6) is 2.48. The maximum Gasteiger partial charge on any atom is 0.133 e. The molecule has 0 aromatic carbocycles. The van der Waals surface area contributed by atoms with Crippen molar-refractivity contribution in [2.45, 2.75) is 39.2 Å². The van der Waals surface area contributed by atoms with Gasteiger partial charge >= 0.3 is 0 Å². The molecule has 17 heavy (non-hydrogen) atoms. The zero-order valence-electron chi connectivity index (χ0n) is 10.8. The van der Waals surface area contributed by atoms with Crippen molar-refractivity contribution in [3.05, 3.63) is 11.9 Å². The van der Waals surface area contributed by atoms with Crippen molar-refractivity contribution < 1.29 is 5.11 Å². The average Bonchev–Trinajstić information content (AvgIpc) is 2.28. The first kappa shape index (κ1) is 13.7. The van der Waals surface area contributed by atoms with Crippen LogP contribution >= 0.6 is 0 Å². The minimum absolute atomic E-state index is 0.289. The van der Waals surface area contributed by atoms with E-state index in [0.717, 1.165) is 30.3 Å². The Morgan fingerprint density at radius 3 is 2.65 bits per heavy atom. The maximum atomic E-state index is 9.18. The van der Waals surface area contributed by atoms with Crippen LogP contribution in [0.4, 0.5) is 11.6 Å². The Morgan fingerprint density at radius 2 is 2.06 bits per heavy atom. The lowest BCUT2D eigenvalue weighted by Crippen LogP contribution is -2.12. The predicted octanol–water partition coefficient (Wildman–Crippen LogP) is 1.65. The van der Waals surface area contributed by atoms with E-state index in [2.05, 4.69) is 27.5 Å². The van der Waals surface area contributed by atoms with Gasteiger partial charge in [0.1, 0.15) is 17.5 Å². The Kier molecular flexibility index (Phi) is 5.69. The highest BCUT2D eigenvalue weighted by atomic mass is 16.3. The summed E-state index contributed by atoms with van der Waals surface area (Å²) in [6.45, 7) is 4.60. The molecule has 0 spiro atoms. The number of aliphatic hydroxyl groups is 1. The Balaban J connectivity index is 2.66. The van der Waals surface area contributed by atoms with Crippen LogP contribution in [0.15, 0.2) is 6.07 Å². The Morgan fingerprint density at radius 1 is 1.35 bits per heavy atom. The van der Waals surface area contributed by atoms with Gasteiger partial charge in [-0.1, -0.05) is 6.92 Å². The van der Waals surface area contributed by atoms with Crippen LogP contribution in [0, 0.1) is 0 Å². The maximum absolute atomic E-state index is 9.18. The van der Waals surface area contributed by atoms with E-state index in [1.807, 2.05) is 13.1 Å². The van der Waals surface area contributed by atoms with Gasteiger partial charge in [0.2, 0.25) is 0 Å². The van der Waals surface area contributed by atoms with E-state index < -0.39 is 0 Å². The fourth-order valence-electron chi connectivity index (χ4n) is 1.46. The van der Waals surface area contributed by atoms with E-state index >= 15 is 0 Å². The summed E-state index contributed by atoms with van der Waals surface area (Å²) in [6.07, 6.45) is 2.33. The molecule has 5 heteroatoms. The Labute approximate surface area is 103 Å². The molecule has 1 heterocycles. The summed E-state index contributed by atoms with van der Waals surface area (Å²) in [4.78, 5) is 8.80. The zero-order valence-corrected chi connectivity index (χ0v) is 10.8.